The van der Waals surface area contributed by atoms with Gasteiger partial charge in [0, 0.05) is 31.9 Å². The van der Waals surface area contributed by atoms with Crippen LogP contribution in [0.15, 0.2) is 12.3 Å². The van der Waals surface area contributed by atoms with Crippen LogP contribution in [0.3, 0.4) is 0 Å². The van der Waals surface area contributed by atoms with Gasteiger partial charge in [-0.2, -0.15) is 4.98 Å². The van der Waals surface area contributed by atoms with Gasteiger partial charge in [0.2, 0.25) is 5.95 Å². The van der Waals surface area contributed by atoms with Crippen molar-refractivity contribution in [3.05, 3.63) is 12.3 Å². The van der Waals surface area contributed by atoms with Crippen LogP contribution in [0.1, 0.15) is 39.5 Å². The molecule has 0 spiro atoms. The van der Waals surface area contributed by atoms with Crippen molar-refractivity contribution >= 4 is 11.8 Å². The minimum absolute atomic E-state index is 0.549. The number of nitrogens with zero attached hydrogens (tertiary/aromatic N) is 3. The average Bonchev–Trinajstić information content (AvgIpc) is 3.22. The van der Waals surface area contributed by atoms with E-state index in [0.717, 1.165) is 55.1 Å². The molecule has 3 heterocycles. The number of anilines is 2. The van der Waals surface area contributed by atoms with Crippen LogP contribution in [-0.4, -0.2) is 42.2 Å². The quantitative estimate of drug-likeness (QED) is 0.882. The van der Waals surface area contributed by atoms with Crippen LogP contribution in [-0.2, 0) is 0 Å². The molecule has 0 aromatic carbocycles. The highest BCUT2D eigenvalue weighted by molar-refractivity contribution is 5.44. The summed E-state index contributed by atoms with van der Waals surface area (Å²) in [5.41, 5.74) is 0.549. The summed E-state index contributed by atoms with van der Waals surface area (Å²) in [5.74, 6) is 5.32. The molecule has 5 aliphatic rings. The van der Waals surface area contributed by atoms with E-state index >= 15 is 0 Å². The first-order valence-electron chi connectivity index (χ1n) is 10.2. The fourth-order valence-electron chi connectivity index (χ4n) is 6.08. The molecule has 2 N–H and O–H groups in total. The van der Waals surface area contributed by atoms with Crippen LogP contribution in [0.25, 0.3) is 0 Å². The SMILES string of the molecule is CC1(C)C2CCC(CNc3nccc(N4C[C@H]5CCN[C@H]5C4)n3)C1C2. The number of hydrogen-bond donors (Lipinski definition) is 2. The second kappa shape index (κ2) is 5.83. The molecule has 0 amide bonds. The minimum Gasteiger partial charge on any atom is -0.355 e. The molecular formula is C20H31N5. The van der Waals surface area contributed by atoms with E-state index in [1.54, 1.807) is 0 Å². The smallest absolute Gasteiger partial charge is 0.224 e. The number of nitrogens with one attached hydrogen (secondary N) is 2. The lowest BCUT2D eigenvalue weighted by Crippen LogP contribution is -2.53. The zero-order valence-corrected chi connectivity index (χ0v) is 15.5. The predicted octanol–water partition coefficient (Wildman–Crippen LogP) is 2.76. The van der Waals surface area contributed by atoms with Crippen LogP contribution in [0.5, 0.6) is 0 Å². The molecule has 1 aromatic heterocycles. The van der Waals surface area contributed by atoms with E-state index in [9.17, 15) is 0 Å². The van der Waals surface area contributed by atoms with Gasteiger partial charge in [0.15, 0.2) is 0 Å². The van der Waals surface area contributed by atoms with Gasteiger partial charge in [0.25, 0.3) is 0 Å². The molecule has 5 heteroatoms. The topological polar surface area (TPSA) is 53.1 Å². The van der Waals surface area contributed by atoms with Gasteiger partial charge in [-0.15, -0.1) is 0 Å². The molecule has 5 fully saturated rings. The molecule has 3 aliphatic carbocycles. The molecule has 2 aliphatic heterocycles. The van der Waals surface area contributed by atoms with Crippen molar-refractivity contribution in [3.63, 3.8) is 0 Å². The van der Waals surface area contributed by atoms with Gasteiger partial charge in [-0.1, -0.05) is 13.8 Å². The summed E-state index contributed by atoms with van der Waals surface area (Å²) >= 11 is 0. The Morgan fingerprint density at radius 1 is 1.28 bits per heavy atom. The summed E-state index contributed by atoms with van der Waals surface area (Å²) in [7, 11) is 0. The Hall–Kier alpha value is -1.36. The standard InChI is InChI=1S/C20H31N5/c1-20(2)15-4-3-13(16(20)9-15)10-23-19-22-8-6-18(24-19)25-11-14-5-7-21-17(14)12-25/h6,8,13-17,21H,3-5,7,9-12H2,1-2H3,(H,22,23,24)/t13?,14-,15?,16?,17+/m1/s1. The highest BCUT2D eigenvalue weighted by atomic mass is 15.3. The summed E-state index contributed by atoms with van der Waals surface area (Å²) in [4.78, 5) is 11.7. The lowest BCUT2D eigenvalue weighted by Gasteiger charge is -2.60. The Bertz CT molecular complexity index is 631. The third-order valence-electron chi connectivity index (χ3n) is 7.85. The van der Waals surface area contributed by atoms with Gasteiger partial charge in [0.1, 0.15) is 5.82 Å². The first-order valence-corrected chi connectivity index (χ1v) is 10.2. The first-order chi connectivity index (χ1) is 12.1. The molecule has 5 nitrogen and oxygen atoms in total. The summed E-state index contributed by atoms with van der Waals surface area (Å²) in [6.45, 7) is 9.35. The number of rotatable bonds is 4. The van der Waals surface area contributed by atoms with E-state index in [1.165, 1.54) is 32.2 Å². The van der Waals surface area contributed by atoms with E-state index in [0.29, 0.717) is 11.5 Å². The molecule has 6 rings (SSSR count). The fraction of sp³-hybridized carbons (Fsp3) is 0.800. The van der Waals surface area contributed by atoms with Crippen molar-refractivity contribution in [2.24, 2.45) is 29.1 Å². The zero-order chi connectivity index (χ0) is 17.0. The predicted molar refractivity (Wildman–Crippen MR) is 101 cm³/mol. The molecule has 3 unspecified atom stereocenters. The summed E-state index contributed by atoms with van der Waals surface area (Å²) in [6, 6.07) is 2.72. The second-order valence-electron chi connectivity index (χ2n) is 9.33. The normalized spacial score (nSPS) is 38.3. The first kappa shape index (κ1) is 15.9. The van der Waals surface area contributed by atoms with Crippen LogP contribution in [0.4, 0.5) is 11.8 Å². The lowest BCUT2D eigenvalue weighted by molar-refractivity contribution is -0.100. The highest BCUT2D eigenvalue weighted by Crippen LogP contribution is 2.61. The Labute approximate surface area is 151 Å². The van der Waals surface area contributed by atoms with Crippen molar-refractivity contribution < 1.29 is 0 Å². The third-order valence-corrected chi connectivity index (χ3v) is 7.85. The van der Waals surface area contributed by atoms with Crippen molar-refractivity contribution in [1.29, 1.82) is 0 Å². The second-order valence-corrected chi connectivity index (χ2v) is 9.33. The molecule has 3 saturated carbocycles. The molecule has 25 heavy (non-hydrogen) atoms. The van der Waals surface area contributed by atoms with Crippen molar-refractivity contribution in [1.82, 2.24) is 15.3 Å². The van der Waals surface area contributed by atoms with Crippen molar-refractivity contribution in [2.75, 3.05) is 36.4 Å². The van der Waals surface area contributed by atoms with E-state index in [1.807, 2.05) is 6.20 Å². The van der Waals surface area contributed by atoms with Crippen molar-refractivity contribution in [3.8, 4) is 0 Å². The number of fused-ring (bicyclic) bond motifs is 3. The van der Waals surface area contributed by atoms with Gasteiger partial charge >= 0.3 is 0 Å². The Morgan fingerprint density at radius 3 is 3.00 bits per heavy atom. The minimum atomic E-state index is 0.549. The van der Waals surface area contributed by atoms with E-state index in [-0.39, 0.29) is 0 Å². The number of hydrogen-bond acceptors (Lipinski definition) is 5. The van der Waals surface area contributed by atoms with Crippen LogP contribution < -0.4 is 15.5 Å². The maximum atomic E-state index is 4.82. The molecule has 136 valence electrons. The van der Waals surface area contributed by atoms with Crippen molar-refractivity contribution in [2.45, 2.75) is 45.6 Å². The Balaban J connectivity index is 1.22. The molecule has 5 atom stereocenters. The summed E-state index contributed by atoms with van der Waals surface area (Å²) in [6.07, 6.45) is 7.42. The van der Waals surface area contributed by atoms with Gasteiger partial charge in [-0.25, -0.2) is 4.98 Å². The maximum Gasteiger partial charge on any atom is 0.224 e. The van der Waals surface area contributed by atoms with Crippen LogP contribution in [0, 0.1) is 29.1 Å². The molecule has 2 saturated heterocycles. The molecule has 2 bridgehead atoms. The molecular weight excluding hydrogens is 310 g/mol. The maximum absolute atomic E-state index is 4.82. The summed E-state index contributed by atoms with van der Waals surface area (Å²) < 4.78 is 0. The van der Waals surface area contributed by atoms with Gasteiger partial charge in [-0.3, -0.25) is 0 Å². The van der Waals surface area contributed by atoms with Crippen LogP contribution >= 0.6 is 0 Å². The third kappa shape index (κ3) is 2.62. The van der Waals surface area contributed by atoms with Gasteiger partial charge in [-0.05, 0) is 67.4 Å². The van der Waals surface area contributed by atoms with Crippen LogP contribution in [0.2, 0.25) is 0 Å². The van der Waals surface area contributed by atoms with Gasteiger partial charge < -0.3 is 15.5 Å². The number of aromatic nitrogens is 2. The lowest BCUT2D eigenvalue weighted by atomic mass is 9.45. The fourth-order valence-corrected chi connectivity index (χ4v) is 6.08. The summed E-state index contributed by atoms with van der Waals surface area (Å²) in [5, 5.41) is 7.17. The highest BCUT2D eigenvalue weighted by Gasteiger charge is 2.53. The van der Waals surface area contributed by atoms with E-state index in [4.69, 9.17) is 4.98 Å². The zero-order valence-electron chi connectivity index (χ0n) is 15.5. The molecule has 1 aromatic rings. The Morgan fingerprint density at radius 2 is 2.20 bits per heavy atom. The Kier molecular flexibility index (Phi) is 3.70. The van der Waals surface area contributed by atoms with E-state index < -0.39 is 0 Å². The van der Waals surface area contributed by atoms with Gasteiger partial charge in [0.05, 0.1) is 0 Å². The largest absolute Gasteiger partial charge is 0.355 e. The average molecular weight is 342 g/mol. The molecule has 0 radical (unpaired) electrons. The van der Waals surface area contributed by atoms with E-state index in [2.05, 4.69) is 40.4 Å². The monoisotopic (exact) mass is 341 g/mol.